The first-order valence-corrected chi connectivity index (χ1v) is 6.22. The molecule has 112 valence electrons. The molecule has 8 heteroatoms. The van der Waals surface area contributed by atoms with Crippen LogP contribution in [0.25, 0.3) is 0 Å². The number of carboxylic acid groups (broad SMARTS) is 1. The number of carbonyl (C=O) groups excluding carboxylic acids is 2. The minimum absolute atomic E-state index is 0.0652. The molecular weight excluding hydrogens is 280 g/mol. The fourth-order valence-corrected chi connectivity index (χ4v) is 2.15. The number of phenols is 2. The largest absolute Gasteiger partial charge is 0.504 e. The molecule has 4 N–H and O–H groups in total. The molecule has 1 heterocycles. The molecule has 2 amide bonds. The van der Waals surface area contributed by atoms with Crippen LogP contribution >= 0.6 is 0 Å². The first-order chi connectivity index (χ1) is 9.90. The average Bonchev–Trinajstić information content (AvgIpc) is 2.43. The monoisotopic (exact) mass is 294 g/mol. The van der Waals surface area contributed by atoms with Gasteiger partial charge in [-0.05, 0) is 18.2 Å². The summed E-state index contributed by atoms with van der Waals surface area (Å²) in [4.78, 5) is 36.1. The summed E-state index contributed by atoms with van der Waals surface area (Å²) in [5, 5.41) is 30.0. The number of amides is 2. The minimum atomic E-state index is -1.19. The van der Waals surface area contributed by atoms with Gasteiger partial charge < -0.3 is 25.5 Å². The number of aliphatic carboxylic acids is 1. The predicted molar refractivity (Wildman–Crippen MR) is 69.9 cm³/mol. The summed E-state index contributed by atoms with van der Waals surface area (Å²) in [6.07, 6.45) is -0.498. The molecule has 0 spiro atoms. The quantitative estimate of drug-likeness (QED) is 0.557. The topological polar surface area (TPSA) is 127 Å². The molecule has 1 atom stereocenters. The first-order valence-electron chi connectivity index (χ1n) is 6.22. The van der Waals surface area contributed by atoms with E-state index >= 15 is 0 Å². The summed E-state index contributed by atoms with van der Waals surface area (Å²) >= 11 is 0. The highest BCUT2D eigenvalue weighted by Gasteiger charge is 2.35. The summed E-state index contributed by atoms with van der Waals surface area (Å²) in [5.74, 6) is -3.13. The number of hydrogen-bond donors (Lipinski definition) is 4. The molecular formula is C13H14N2O6. The Hall–Kier alpha value is -2.77. The van der Waals surface area contributed by atoms with Gasteiger partial charge in [-0.25, -0.2) is 0 Å². The van der Waals surface area contributed by atoms with E-state index in [2.05, 4.69) is 5.32 Å². The summed E-state index contributed by atoms with van der Waals surface area (Å²) < 4.78 is 0. The zero-order chi connectivity index (χ0) is 15.6. The van der Waals surface area contributed by atoms with E-state index in [1.165, 1.54) is 6.07 Å². The number of carboxylic acids is 1. The molecule has 1 unspecified atom stereocenters. The van der Waals surface area contributed by atoms with E-state index in [4.69, 9.17) is 5.11 Å². The number of carbonyl (C=O) groups is 3. The number of benzene rings is 1. The summed E-state index contributed by atoms with van der Waals surface area (Å²) in [5.41, 5.74) is 0.0652. The van der Waals surface area contributed by atoms with E-state index in [0.29, 0.717) is 0 Å². The first kappa shape index (κ1) is 14.6. The third-order valence-electron chi connectivity index (χ3n) is 3.18. The van der Waals surface area contributed by atoms with Crippen molar-refractivity contribution in [3.8, 4) is 11.5 Å². The van der Waals surface area contributed by atoms with Crippen LogP contribution in [0.1, 0.15) is 16.8 Å². The Labute approximate surface area is 119 Å². The van der Waals surface area contributed by atoms with Crippen molar-refractivity contribution in [1.29, 1.82) is 0 Å². The van der Waals surface area contributed by atoms with E-state index in [-0.39, 0.29) is 24.4 Å². The zero-order valence-electron chi connectivity index (χ0n) is 10.9. The van der Waals surface area contributed by atoms with E-state index in [9.17, 15) is 24.6 Å². The third kappa shape index (κ3) is 3.04. The summed E-state index contributed by atoms with van der Waals surface area (Å²) in [6.45, 7) is 0.398. The minimum Gasteiger partial charge on any atom is -0.504 e. The Morgan fingerprint density at radius 2 is 2.00 bits per heavy atom. The number of aromatic hydroxyl groups is 2. The van der Waals surface area contributed by atoms with Crippen molar-refractivity contribution in [2.45, 2.75) is 12.5 Å². The molecule has 1 saturated heterocycles. The highest BCUT2D eigenvalue weighted by molar-refractivity contribution is 5.99. The number of nitrogens with zero attached hydrogens (tertiary/aromatic N) is 1. The van der Waals surface area contributed by atoms with Gasteiger partial charge in [0.25, 0.3) is 5.91 Å². The van der Waals surface area contributed by atoms with Crippen LogP contribution < -0.4 is 5.32 Å². The Morgan fingerprint density at radius 1 is 1.29 bits per heavy atom. The van der Waals surface area contributed by atoms with Crippen LogP contribution in [0.2, 0.25) is 0 Å². The summed E-state index contributed by atoms with van der Waals surface area (Å²) in [6, 6.07) is 2.42. The van der Waals surface area contributed by atoms with Crippen molar-refractivity contribution in [3.63, 3.8) is 0 Å². The molecule has 0 bridgehead atoms. The summed E-state index contributed by atoms with van der Waals surface area (Å²) in [7, 11) is 0. The second-order valence-corrected chi connectivity index (χ2v) is 4.61. The van der Waals surface area contributed by atoms with Crippen LogP contribution in [0, 0.1) is 0 Å². The van der Waals surface area contributed by atoms with E-state index in [1.807, 2.05) is 0 Å². The lowest BCUT2D eigenvalue weighted by atomic mass is 10.1. The molecule has 21 heavy (non-hydrogen) atoms. The average molecular weight is 294 g/mol. The second kappa shape index (κ2) is 5.70. The molecule has 2 rings (SSSR count). The second-order valence-electron chi connectivity index (χ2n) is 4.61. The maximum Gasteiger partial charge on any atom is 0.305 e. The van der Waals surface area contributed by atoms with Crippen LogP contribution in [0.5, 0.6) is 11.5 Å². The van der Waals surface area contributed by atoms with Gasteiger partial charge >= 0.3 is 5.97 Å². The molecule has 1 aromatic rings. The standard InChI is InChI=1S/C13H14N2O6/c16-9-2-1-7(5-10(9)17)13(21)15-4-3-14-12(20)8(15)6-11(18)19/h1-2,5,8,16-17H,3-4,6H2,(H,14,20)(H,18,19). The molecule has 0 aromatic heterocycles. The molecule has 0 aliphatic carbocycles. The van der Waals surface area contributed by atoms with Crippen molar-refractivity contribution in [2.24, 2.45) is 0 Å². The molecule has 1 fully saturated rings. The molecule has 1 aromatic carbocycles. The van der Waals surface area contributed by atoms with Gasteiger partial charge in [0.15, 0.2) is 11.5 Å². The van der Waals surface area contributed by atoms with Crippen molar-refractivity contribution < 1.29 is 29.7 Å². The van der Waals surface area contributed by atoms with Gasteiger partial charge in [-0.15, -0.1) is 0 Å². The van der Waals surface area contributed by atoms with Crippen molar-refractivity contribution in [2.75, 3.05) is 13.1 Å². The molecule has 1 aliphatic rings. The number of hydrogen-bond acceptors (Lipinski definition) is 5. The van der Waals surface area contributed by atoms with E-state index in [0.717, 1.165) is 17.0 Å². The normalized spacial score (nSPS) is 18.2. The van der Waals surface area contributed by atoms with E-state index < -0.39 is 36.0 Å². The lowest BCUT2D eigenvalue weighted by Gasteiger charge is -2.34. The highest BCUT2D eigenvalue weighted by Crippen LogP contribution is 2.26. The fraction of sp³-hybridized carbons (Fsp3) is 0.308. The molecule has 0 saturated carbocycles. The number of nitrogens with one attached hydrogen (secondary N) is 1. The number of piperazine rings is 1. The molecule has 8 nitrogen and oxygen atoms in total. The van der Waals surface area contributed by atoms with Crippen LogP contribution in [-0.4, -0.2) is 57.1 Å². The Bertz CT molecular complexity index is 600. The zero-order valence-corrected chi connectivity index (χ0v) is 10.9. The van der Waals surface area contributed by atoms with Crippen LogP contribution in [0.15, 0.2) is 18.2 Å². The Kier molecular flexibility index (Phi) is 3.97. The Morgan fingerprint density at radius 3 is 2.62 bits per heavy atom. The van der Waals surface area contributed by atoms with Gasteiger partial charge in [0.05, 0.1) is 6.42 Å². The Balaban J connectivity index is 2.27. The SMILES string of the molecule is O=C(O)CC1C(=O)NCCN1C(=O)c1ccc(O)c(O)c1. The number of phenolic OH excluding ortho intramolecular Hbond substituents is 2. The van der Waals surface area contributed by atoms with Gasteiger partial charge in [-0.3, -0.25) is 14.4 Å². The van der Waals surface area contributed by atoms with Crippen molar-refractivity contribution in [3.05, 3.63) is 23.8 Å². The number of rotatable bonds is 3. The lowest BCUT2D eigenvalue weighted by Crippen LogP contribution is -2.57. The van der Waals surface area contributed by atoms with Crippen molar-refractivity contribution in [1.82, 2.24) is 10.2 Å². The van der Waals surface area contributed by atoms with Gasteiger partial charge in [-0.1, -0.05) is 0 Å². The van der Waals surface area contributed by atoms with Crippen LogP contribution in [-0.2, 0) is 9.59 Å². The van der Waals surface area contributed by atoms with E-state index in [1.54, 1.807) is 0 Å². The van der Waals surface area contributed by atoms with Crippen LogP contribution in [0.4, 0.5) is 0 Å². The highest BCUT2D eigenvalue weighted by atomic mass is 16.4. The van der Waals surface area contributed by atoms with Gasteiger partial charge in [0, 0.05) is 18.7 Å². The fourth-order valence-electron chi connectivity index (χ4n) is 2.15. The molecule has 0 radical (unpaired) electrons. The van der Waals surface area contributed by atoms with Crippen LogP contribution in [0.3, 0.4) is 0 Å². The maximum absolute atomic E-state index is 12.4. The van der Waals surface area contributed by atoms with Crippen molar-refractivity contribution >= 4 is 17.8 Å². The van der Waals surface area contributed by atoms with Gasteiger partial charge in [0.1, 0.15) is 6.04 Å². The maximum atomic E-state index is 12.4. The lowest BCUT2D eigenvalue weighted by molar-refractivity contribution is -0.142. The third-order valence-corrected chi connectivity index (χ3v) is 3.18. The van der Waals surface area contributed by atoms with Gasteiger partial charge in [-0.2, -0.15) is 0 Å². The smallest absolute Gasteiger partial charge is 0.305 e. The predicted octanol–water partition coefficient (Wildman–Crippen LogP) is -0.487. The molecule has 1 aliphatic heterocycles. The van der Waals surface area contributed by atoms with Gasteiger partial charge in [0.2, 0.25) is 5.91 Å².